The molecule has 1 aliphatic carbocycles. The lowest BCUT2D eigenvalue weighted by Gasteiger charge is -2.17. The van der Waals surface area contributed by atoms with Crippen LogP contribution >= 0.6 is 0 Å². The minimum Gasteiger partial charge on any atom is -0.310 e. The van der Waals surface area contributed by atoms with Crippen molar-refractivity contribution in [2.45, 2.75) is 38.6 Å². The summed E-state index contributed by atoms with van der Waals surface area (Å²) in [6, 6.07) is 7.11. The van der Waals surface area contributed by atoms with Gasteiger partial charge in [-0.05, 0) is 49.9 Å². The van der Waals surface area contributed by atoms with Gasteiger partial charge in [-0.3, -0.25) is 0 Å². The molecule has 0 aromatic heterocycles. The summed E-state index contributed by atoms with van der Waals surface area (Å²) in [5.74, 6) is 0.683. The Bertz CT molecular complexity index is 331. The Morgan fingerprint density at radius 3 is 2.81 bits per heavy atom. The Balaban J connectivity index is 1.85. The van der Waals surface area contributed by atoms with Gasteiger partial charge in [0, 0.05) is 6.04 Å². The average Bonchev–Trinajstić information content (AvgIpc) is 2.78. The fraction of sp³-hybridized carbons (Fsp3) is 0.571. The van der Waals surface area contributed by atoms with E-state index in [0.717, 1.165) is 18.0 Å². The molecule has 1 saturated carbocycles. The highest BCUT2D eigenvalue weighted by Gasteiger charge is 2.15. The number of hydrogen-bond donors (Lipinski definition) is 1. The zero-order valence-electron chi connectivity index (χ0n) is 9.88. The molecular weight excluding hydrogens is 201 g/mol. The number of halogens is 1. The highest BCUT2D eigenvalue weighted by Crippen LogP contribution is 2.24. The van der Waals surface area contributed by atoms with Gasteiger partial charge in [0.1, 0.15) is 5.82 Å². The Kier molecular flexibility index (Phi) is 3.94. The molecule has 2 heteroatoms. The van der Waals surface area contributed by atoms with Gasteiger partial charge in [0.2, 0.25) is 0 Å². The quantitative estimate of drug-likeness (QED) is 0.818. The van der Waals surface area contributed by atoms with E-state index in [1.165, 1.54) is 31.7 Å². The van der Waals surface area contributed by atoms with Crippen LogP contribution in [0.3, 0.4) is 0 Å². The molecule has 2 rings (SSSR count). The van der Waals surface area contributed by atoms with E-state index in [9.17, 15) is 4.39 Å². The number of hydrogen-bond acceptors (Lipinski definition) is 1. The second kappa shape index (κ2) is 5.44. The van der Waals surface area contributed by atoms with Crippen LogP contribution in [0.1, 0.15) is 44.2 Å². The first-order chi connectivity index (χ1) is 7.75. The van der Waals surface area contributed by atoms with E-state index in [4.69, 9.17) is 0 Å². The average molecular weight is 221 g/mol. The van der Waals surface area contributed by atoms with Crippen LogP contribution in [0.15, 0.2) is 24.3 Å². The van der Waals surface area contributed by atoms with Crippen LogP contribution in [-0.2, 0) is 0 Å². The minimum atomic E-state index is -0.146. The normalized spacial score (nSPS) is 18.9. The summed E-state index contributed by atoms with van der Waals surface area (Å²) in [6.07, 6.45) is 5.45. The third-order valence-electron chi connectivity index (χ3n) is 3.54. The van der Waals surface area contributed by atoms with E-state index in [1.807, 2.05) is 6.07 Å². The van der Waals surface area contributed by atoms with Gasteiger partial charge in [-0.2, -0.15) is 0 Å². The molecular formula is C14H20FN. The fourth-order valence-corrected chi connectivity index (χ4v) is 2.45. The summed E-state index contributed by atoms with van der Waals surface area (Å²) in [4.78, 5) is 0. The maximum Gasteiger partial charge on any atom is 0.123 e. The van der Waals surface area contributed by atoms with Gasteiger partial charge in [0.15, 0.2) is 0 Å². The zero-order chi connectivity index (χ0) is 11.4. The third-order valence-corrected chi connectivity index (χ3v) is 3.54. The van der Waals surface area contributed by atoms with Crippen molar-refractivity contribution in [2.24, 2.45) is 5.92 Å². The largest absolute Gasteiger partial charge is 0.310 e. The predicted octanol–water partition coefficient (Wildman–Crippen LogP) is 3.67. The van der Waals surface area contributed by atoms with Crippen LogP contribution in [-0.4, -0.2) is 6.54 Å². The molecule has 0 saturated heterocycles. The SMILES string of the molecule is C[C@@H](NCC1CCCC1)c1cccc(F)c1. The molecule has 1 atom stereocenters. The molecule has 0 unspecified atom stereocenters. The van der Waals surface area contributed by atoms with E-state index in [2.05, 4.69) is 12.2 Å². The molecule has 0 heterocycles. The molecule has 1 aliphatic rings. The number of rotatable bonds is 4. The van der Waals surface area contributed by atoms with Crippen LogP contribution in [0, 0.1) is 11.7 Å². The van der Waals surface area contributed by atoms with Gasteiger partial charge >= 0.3 is 0 Å². The van der Waals surface area contributed by atoms with Crippen molar-refractivity contribution < 1.29 is 4.39 Å². The van der Waals surface area contributed by atoms with Gasteiger partial charge in [-0.15, -0.1) is 0 Å². The maximum absolute atomic E-state index is 13.0. The van der Waals surface area contributed by atoms with Crippen molar-refractivity contribution in [1.29, 1.82) is 0 Å². The van der Waals surface area contributed by atoms with E-state index in [1.54, 1.807) is 12.1 Å². The summed E-state index contributed by atoms with van der Waals surface area (Å²) in [7, 11) is 0. The second-order valence-corrected chi connectivity index (χ2v) is 4.84. The minimum absolute atomic E-state index is 0.146. The van der Waals surface area contributed by atoms with E-state index >= 15 is 0 Å². The molecule has 0 aliphatic heterocycles. The zero-order valence-corrected chi connectivity index (χ0v) is 9.88. The first-order valence-electron chi connectivity index (χ1n) is 6.24. The first-order valence-corrected chi connectivity index (χ1v) is 6.24. The standard InChI is InChI=1S/C14H20FN/c1-11(13-7-4-8-14(15)9-13)16-10-12-5-2-3-6-12/h4,7-9,11-12,16H,2-3,5-6,10H2,1H3/t11-/m1/s1. The summed E-state index contributed by atoms with van der Waals surface area (Å²) in [5, 5.41) is 3.50. The summed E-state index contributed by atoms with van der Waals surface area (Å²) in [6.45, 7) is 3.17. The second-order valence-electron chi connectivity index (χ2n) is 4.84. The molecule has 1 nitrogen and oxygen atoms in total. The van der Waals surface area contributed by atoms with Gasteiger partial charge in [0.25, 0.3) is 0 Å². The van der Waals surface area contributed by atoms with Crippen molar-refractivity contribution in [2.75, 3.05) is 6.54 Å². The molecule has 1 aromatic rings. The van der Waals surface area contributed by atoms with Crippen LogP contribution in [0.25, 0.3) is 0 Å². The van der Waals surface area contributed by atoms with Gasteiger partial charge < -0.3 is 5.32 Å². The summed E-state index contributed by atoms with van der Waals surface area (Å²) in [5.41, 5.74) is 1.04. The van der Waals surface area contributed by atoms with E-state index in [0.29, 0.717) is 0 Å². The summed E-state index contributed by atoms with van der Waals surface area (Å²) >= 11 is 0. The molecule has 16 heavy (non-hydrogen) atoms. The van der Waals surface area contributed by atoms with Gasteiger partial charge in [0.05, 0.1) is 0 Å². The molecule has 88 valence electrons. The highest BCUT2D eigenvalue weighted by atomic mass is 19.1. The monoisotopic (exact) mass is 221 g/mol. The van der Waals surface area contributed by atoms with E-state index in [-0.39, 0.29) is 11.9 Å². The molecule has 0 radical (unpaired) electrons. The number of nitrogens with one attached hydrogen (secondary N) is 1. The first kappa shape index (κ1) is 11.6. The van der Waals surface area contributed by atoms with Crippen LogP contribution < -0.4 is 5.32 Å². The van der Waals surface area contributed by atoms with Crippen molar-refractivity contribution >= 4 is 0 Å². The van der Waals surface area contributed by atoms with Crippen molar-refractivity contribution in [3.05, 3.63) is 35.6 Å². The molecule has 1 N–H and O–H groups in total. The lowest BCUT2D eigenvalue weighted by molar-refractivity contribution is 0.451. The smallest absolute Gasteiger partial charge is 0.123 e. The van der Waals surface area contributed by atoms with Crippen molar-refractivity contribution in [3.8, 4) is 0 Å². The van der Waals surface area contributed by atoms with Gasteiger partial charge in [-0.25, -0.2) is 4.39 Å². The predicted molar refractivity (Wildman–Crippen MR) is 64.8 cm³/mol. The van der Waals surface area contributed by atoms with Crippen LogP contribution in [0.5, 0.6) is 0 Å². The lowest BCUT2D eigenvalue weighted by Crippen LogP contribution is -2.24. The third kappa shape index (κ3) is 3.05. The Hall–Kier alpha value is -0.890. The molecule has 1 fully saturated rings. The Morgan fingerprint density at radius 2 is 2.12 bits per heavy atom. The summed E-state index contributed by atoms with van der Waals surface area (Å²) < 4.78 is 13.0. The molecule has 0 amide bonds. The topological polar surface area (TPSA) is 12.0 Å². The van der Waals surface area contributed by atoms with Crippen molar-refractivity contribution in [1.82, 2.24) is 5.32 Å². The fourth-order valence-electron chi connectivity index (χ4n) is 2.45. The highest BCUT2D eigenvalue weighted by molar-refractivity contribution is 5.19. The maximum atomic E-state index is 13.0. The van der Waals surface area contributed by atoms with Crippen LogP contribution in [0.2, 0.25) is 0 Å². The molecule has 0 bridgehead atoms. The lowest BCUT2D eigenvalue weighted by atomic mass is 10.1. The van der Waals surface area contributed by atoms with Crippen molar-refractivity contribution in [3.63, 3.8) is 0 Å². The Morgan fingerprint density at radius 1 is 1.38 bits per heavy atom. The Labute approximate surface area is 97.1 Å². The molecule has 0 spiro atoms. The van der Waals surface area contributed by atoms with Crippen LogP contribution in [0.4, 0.5) is 4.39 Å². The number of benzene rings is 1. The van der Waals surface area contributed by atoms with Gasteiger partial charge in [-0.1, -0.05) is 25.0 Å². The molecule has 1 aromatic carbocycles. The van der Waals surface area contributed by atoms with E-state index < -0.39 is 0 Å².